The molecule has 7 heteroatoms. The first-order chi connectivity index (χ1) is 14.1. The van der Waals surface area contributed by atoms with Crippen LogP contribution in [0.2, 0.25) is 5.02 Å². The standard InChI is InChI=1S/C22H19ClN2O4/c1-27-17-8-10-18(11-9-17)29-14-22(26)25-20(21-3-2-12-28-21)13-19(24-25)15-4-6-16(23)7-5-15/h2-12,20H,13-14H2,1H3. The first-order valence-corrected chi connectivity index (χ1v) is 9.47. The molecule has 29 heavy (non-hydrogen) atoms. The fraction of sp³-hybridized carbons (Fsp3) is 0.182. The van der Waals surface area contributed by atoms with Gasteiger partial charge in [-0.2, -0.15) is 5.10 Å². The molecule has 1 unspecified atom stereocenters. The van der Waals surface area contributed by atoms with Gasteiger partial charge < -0.3 is 13.9 Å². The molecule has 2 heterocycles. The predicted octanol–water partition coefficient (Wildman–Crippen LogP) is 4.70. The van der Waals surface area contributed by atoms with Gasteiger partial charge in [0, 0.05) is 11.4 Å². The van der Waals surface area contributed by atoms with Crippen molar-refractivity contribution in [3.8, 4) is 11.5 Å². The van der Waals surface area contributed by atoms with Gasteiger partial charge in [-0.15, -0.1) is 0 Å². The monoisotopic (exact) mass is 410 g/mol. The zero-order valence-corrected chi connectivity index (χ0v) is 16.5. The molecule has 1 aromatic heterocycles. The molecule has 1 aliphatic rings. The van der Waals surface area contributed by atoms with Gasteiger partial charge in [0.2, 0.25) is 0 Å². The lowest BCUT2D eigenvalue weighted by atomic mass is 10.0. The Morgan fingerprint density at radius 3 is 2.52 bits per heavy atom. The average Bonchev–Trinajstić information content (AvgIpc) is 3.43. The molecule has 3 aromatic rings. The number of methoxy groups -OCH3 is 1. The number of halogens is 1. The normalized spacial score (nSPS) is 15.9. The average molecular weight is 411 g/mol. The van der Waals surface area contributed by atoms with Crippen molar-refractivity contribution in [1.82, 2.24) is 5.01 Å². The maximum Gasteiger partial charge on any atom is 0.281 e. The van der Waals surface area contributed by atoms with E-state index in [4.69, 9.17) is 25.5 Å². The van der Waals surface area contributed by atoms with Crippen LogP contribution in [0.1, 0.15) is 23.8 Å². The SMILES string of the molecule is COc1ccc(OCC(=O)N2N=C(c3ccc(Cl)cc3)CC2c2ccco2)cc1. The summed E-state index contributed by atoms with van der Waals surface area (Å²) in [5, 5.41) is 6.65. The molecule has 2 aromatic carbocycles. The summed E-state index contributed by atoms with van der Waals surface area (Å²) in [5.74, 6) is 1.72. The molecule has 0 spiro atoms. The van der Waals surface area contributed by atoms with Crippen LogP contribution in [-0.2, 0) is 4.79 Å². The minimum absolute atomic E-state index is 0.138. The van der Waals surface area contributed by atoms with E-state index in [1.165, 1.54) is 5.01 Å². The second-order valence-corrected chi connectivity index (χ2v) is 6.93. The van der Waals surface area contributed by atoms with Gasteiger partial charge in [0.15, 0.2) is 6.61 Å². The first kappa shape index (κ1) is 19.1. The van der Waals surface area contributed by atoms with Gasteiger partial charge in [0.05, 0.1) is 19.1 Å². The zero-order chi connectivity index (χ0) is 20.2. The van der Waals surface area contributed by atoms with Crippen molar-refractivity contribution in [1.29, 1.82) is 0 Å². The maximum absolute atomic E-state index is 12.9. The molecule has 0 saturated heterocycles. The highest BCUT2D eigenvalue weighted by Crippen LogP contribution is 2.33. The molecule has 1 aliphatic heterocycles. The molecule has 0 saturated carbocycles. The van der Waals surface area contributed by atoms with E-state index in [-0.39, 0.29) is 18.6 Å². The summed E-state index contributed by atoms with van der Waals surface area (Å²) >= 11 is 5.98. The Morgan fingerprint density at radius 2 is 1.86 bits per heavy atom. The Balaban J connectivity index is 1.52. The molecule has 0 N–H and O–H groups in total. The van der Waals surface area contributed by atoms with Crippen LogP contribution in [0.15, 0.2) is 76.4 Å². The second kappa shape index (κ2) is 8.41. The van der Waals surface area contributed by atoms with Crippen molar-refractivity contribution in [3.63, 3.8) is 0 Å². The molecule has 1 atom stereocenters. The lowest BCUT2D eigenvalue weighted by Crippen LogP contribution is -2.31. The Labute approximate surface area is 173 Å². The summed E-state index contributed by atoms with van der Waals surface area (Å²) in [4.78, 5) is 12.9. The molecule has 0 radical (unpaired) electrons. The first-order valence-electron chi connectivity index (χ1n) is 9.10. The Bertz CT molecular complexity index is 998. The Kier molecular flexibility index (Phi) is 5.53. The van der Waals surface area contributed by atoms with Crippen molar-refractivity contribution in [2.45, 2.75) is 12.5 Å². The number of nitrogens with zero attached hydrogens (tertiary/aromatic N) is 2. The summed E-state index contributed by atoms with van der Waals surface area (Å²) in [6.07, 6.45) is 2.13. The molecule has 0 bridgehead atoms. The lowest BCUT2D eigenvalue weighted by Gasteiger charge is -2.20. The minimum Gasteiger partial charge on any atom is -0.497 e. The van der Waals surface area contributed by atoms with Crippen LogP contribution in [0.3, 0.4) is 0 Å². The Morgan fingerprint density at radius 1 is 1.14 bits per heavy atom. The minimum atomic E-state index is -0.317. The van der Waals surface area contributed by atoms with Crippen LogP contribution in [0.4, 0.5) is 0 Å². The quantitative estimate of drug-likeness (QED) is 0.591. The van der Waals surface area contributed by atoms with Crippen LogP contribution < -0.4 is 9.47 Å². The van der Waals surface area contributed by atoms with Crippen LogP contribution >= 0.6 is 11.6 Å². The second-order valence-electron chi connectivity index (χ2n) is 6.49. The number of carbonyl (C=O) groups excluding carboxylic acids is 1. The van der Waals surface area contributed by atoms with Crippen molar-refractivity contribution < 1.29 is 18.7 Å². The third-order valence-electron chi connectivity index (χ3n) is 4.64. The van der Waals surface area contributed by atoms with Gasteiger partial charge in [-0.05, 0) is 54.1 Å². The van der Waals surface area contributed by atoms with Gasteiger partial charge in [0.25, 0.3) is 5.91 Å². The number of hydrogen-bond donors (Lipinski definition) is 0. The molecule has 1 amide bonds. The van der Waals surface area contributed by atoms with E-state index in [9.17, 15) is 4.79 Å². The van der Waals surface area contributed by atoms with E-state index in [1.807, 2.05) is 18.2 Å². The molecule has 4 rings (SSSR count). The van der Waals surface area contributed by atoms with E-state index >= 15 is 0 Å². The molecule has 148 valence electrons. The molecular formula is C22H19ClN2O4. The maximum atomic E-state index is 12.9. The third kappa shape index (κ3) is 4.27. The van der Waals surface area contributed by atoms with Crippen molar-refractivity contribution in [2.75, 3.05) is 13.7 Å². The van der Waals surface area contributed by atoms with E-state index in [0.717, 1.165) is 17.0 Å². The molecular weight excluding hydrogens is 392 g/mol. The number of amides is 1. The van der Waals surface area contributed by atoms with Crippen LogP contribution in [0.25, 0.3) is 0 Å². The van der Waals surface area contributed by atoms with Gasteiger partial charge in [-0.1, -0.05) is 23.7 Å². The van der Waals surface area contributed by atoms with Gasteiger partial charge >= 0.3 is 0 Å². The number of hydrogen-bond acceptors (Lipinski definition) is 5. The van der Waals surface area contributed by atoms with E-state index in [2.05, 4.69) is 5.10 Å². The summed E-state index contributed by atoms with van der Waals surface area (Å²) in [6.45, 7) is -0.138. The number of ether oxygens (including phenoxy) is 2. The van der Waals surface area contributed by atoms with Crippen molar-refractivity contribution in [3.05, 3.63) is 83.3 Å². The highest BCUT2D eigenvalue weighted by Gasteiger charge is 2.35. The molecule has 0 aliphatic carbocycles. The fourth-order valence-electron chi connectivity index (χ4n) is 3.14. The number of furan rings is 1. The van der Waals surface area contributed by atoms with E-state index < -0.39 is 0 Å². The van der Waals surface area contributed by atoms with Gasteiger partial charge in [0.1, 0.15) is 23.3 Å². The number of hydrazone groups is 1. The number of carbonyl (C=O) groups is 1. The van der Waals surface area contributed by atoms with Crippen LogP contribution in [0.5, 0.6) is 11.5 Å². The highest BCUT2D eigenvalue weighted by molar-refractivity contribution is 6.30. The molecule has 0 fully saturated rings. The Hall–Kier alpha value is -3.25. The summed E-state index contributed by atoms with van der Waals surface area (Å²) < 4.78 is 16.3. The van der Waals surface area contributed by atoms with Gasteiger partial charge in [-0.3, -0.25) is 4.79 Å². The smallest absolute Gasteiger partial charge is 0.281 e. The topological polar surface area (TPSA) is 64.3 Å². The predicted molar refractivity (Wildman–Crippen MR) is 109 cm³/mol. The largest absolute Gasteiger partial charge is 0.497 e. The van der Waals surface area contributed by atoms with Crippen LogP contribution in [-0.4, -0.2) is 30.3 Å². The summed E-state index contributed by atoms with van der Waals surface area (Å²) in [7, 11) is 1.60. The third-order valence-corrected chi connectivity index (χ3v) is 4.89. The number of benzene rings is 2. The van der Waals surface area contributed by atoms with Crippen molar-refractivity contribution in [2.24, 2.45) is 5.10 Å². The molecule has 6 nitrogen and oxygen atoms in total. The van der Waals surface area contributed by atoms with E-state index in [1.54, 1.807) is 55.8 Å². The fourth-order valence-corrected chi connectivity index (χ4v) is 3.27. The lowest BCUT2D eigenvalue weighted by molar-refractivity contribution is -0.135. The van der Waals surface area contributed by atoms with E-state index in [0.29, 0.717) is 23.0 Å². The van der Waals surface area contributed by atoms with Crippen molar-refractivity contribution >= 4 is 23.2 Å². The highest BCUT2D eigenvalue weighted by atomic mass is 35.5. The van der Waals surface area contributed by atoms with Crippen LogP contribution in [0, 0.1) is 0 Å². The summed E-state index contributed by atoms with van der Waals surface area (Å²) in [5.41, 5.74) is 1.71. The summed E-state index contributed by atoms with van der Waals surface area (Å²) in [6, 6.07) is 17.8. The van der Waals surface area contributed by atoms with Gasteiger partial charge in [-0.25, -0.2) is 5.01 Å². The number of rotatable bonds is 6. The zero-order valence-electron chi connectivity index (χ0n) is 15.7.